The van der Waals surface area contributed by atoms with Crippen molar-refractivity contribution in [3.05, 3.63) is 35.6 Å². The van der Waals surface area contributed by atoms with Crippen LogP contribution in [0.4, 0.5) is 5.95 Å². The van der Waals surface area contributed by atoms with Gasteiger partial charge in [0, 0.05) is 5.02 Å². The standard InChI is InChI=1S/C8H7ClN4/c9-6-1-3-7(4-2-6)13-8(10)11-5-12-13/h1-5H,(H2,10,11,12). The molecule has 5 heteroatoms. The maximum absolute atomic E-state index is 5.74. The van der Waals surface area contributed by atoms with Gasteiger partial charge in [-0.15, -0.1) is 0 Å². The van der Waals surface area contributed by atoms with Gasteiger partial charge >= 0.3 is 0 Å². The van der Waals surface area contributed by atoms with Gasteiger partial charge in [0.2, 0.25) is 5.95 Å². The Bertz CT molecular complexity index is 406. The Hall–Kier alpha value is -1.55. The first-order chi connectivity index (χ1) is 6.27. The van der Waals surface area contributed by atoms with Crippen molar-refractivity contribution in [2.24, 2.45) is 0 Å². The summed E-state index contributed by atoms with van der Waals surface area (Å²) in [5.74, 6) is 0.363. The fourth-order valence-corrected chi connectivity index (χ4v) is 1.16. The Morgan fingerprint density at radius 2 is 1.92 bits per heavy atom. The summed E-state index contributed by atoms with van der Waals surface area (Å²) in [6.07, 6.45) is 1.41. The molecule has 0 saturated heterocycles. The van der Waals surface area contributed by atoms with Gasteiger partial charge in [0.05, 0.1) is 5.69 Å². The van der Waals surface area contributed by atoms with Crippen molar-refractivity contribution in [1.29, 1.82) is 0 Å². The summed E-state index contributed by atoms with van der Waals surface area (Å²) in [6.45, 7) is 0. The fourth-order valence-electron chi connectivity index (χ4n) is 1.03. The topological polar surface area (TPSA) is 56.7 Å². The molecule has 0 radical (unpaired) electrons. The predicted octanol–water partition coefficient (Wildman–Crippen LogP) is 1.50. The Morgan fingerprint density at radius 3 is 2.46 bits per heavy atom. The summed E-state index contributed by atoms with van der Waals surface area (Å²) in [5.41, 5.74) is 6.41. The van der Waals surface area contributed by atoms with Gasteiger partial charge in [0.15, 0.2) is 0 Å². The van der Waals surface area contributed by atoms with E-state index in [2.05, 4.69) is 10.1 Å². The highest BCUT2D eigenvalue weighted by atomic mass is 35.5. The zero-order valence-electron chi connectivity index (χ0n) is 6.68. The van der Waals surface area contributed by atoms with E-state index in [9.17, 15) is 0 Å². The molecule has 4 nitrogen and oxygen atoms in total. The third kappa shape index (κ3) is 1.48. The lowest BCUT2D eigenvalue weighted by Gasteiger charge is -2.01. The molecule has 0 saturated carbocycles. The molecular weight excluding hydrogens is 188 g/mol. The molecule has 2 rings (SSSR count). The third-order valence-corrected chi connectivity index (χ3v) is 1.90. The second-order valence-corrected chi connectivity index (χ2v) is 2.94. The van der Waals surface area contributed by atoms with Gasteiger partial charge < -0.3 is 5.73 Å². The zero-order chi connectivity index (χ0) is 9.26. The number of hydrogen-bond acceptors (Lipinski definition) is 3. The molecule has 2 N–H and O–H groups in total. The molecule has 0 aliphatic rings. The number of anilines is 1. The summed E-state index contributed by atoms with van der Waals surface area (Å²) in [6, 6.07) is 7.21. The van der Waals surface area contributed by atoms with Crippen molar-refractivity contribution < 1.29 is 0 Å². The minimum Gasteiger partial charge on any atom is -0.368 e. The van der Waals surface area contributed by atoms with Crippen LogP contribution in [0.5, 0.6) is 0 Å². The van der Waals surface area contributed by atoms with Gasteiger partial charge in [-0.2, -0.15) is 14.8 Å². The van der Waals surface area contributed by atoms with E-state index in [4.69, 9.17) is 17.3 Å². The van der Waals surface area contributed by atoms with Crippen molar-refractivity contribution in [3.8, 4) is 5.69 Å². The van der Waals surface area contributed by atoms with Gasteiger partial charge in [-0.3, -0.25) is 0 Å². The number of nitrogens with two attached hydrogens (primary N) is 1. The average molecular weight is 195 g/mol. The second kappa shape index (κ2) is 3.06. The van der Waals surface area contributed by atoms with Crippen LogP contribution in [0.15, 0.2) is 30.6 Å². The highest BCUT2D eigenvalue weighted by molar-refractivity contribution is 6.30. The van der Waals surface area contributed by atoms with E-state index in [1.165, 1.54) is 11.0 Å². The SMILES string of the molecule is Nc1ncnn1-c1ccc(Cl)cc1. The van der Waals surface area contributed by atoms with Crippen molar-refractivity contribution >= 4 is 17.5 Å². The minimum absolute atomic E-state index is 0.363. The van der Waals surface area contributed by atoms with Crippen molar-refractivity contribution in [1.82, 2.24) is 14.8 Å². The maximum atomic E-state index is 5.74. The lowest BCUT2D eigenvalue weighted by atomic mass is 10.3. The van der Waals surface area contributed by atoms with Crippen LogP contribution in [-0.4, -0.2) is 14.8 Å². The summed E-state index contributed by atoms with van der Waals surface area (Å²) in [5, 5.41) is 4.64. The minimum atomic E-state index is 0.363. The normalized spacial score (nSPS) is 10.2. The van der Waals surface area contributed by atoms with Crippen LogP contribution in [-0.2, 0) is 0 Å². The quantitative estimate of drug-likeness (QED) is 0.749. The summed E-state index contributed by atoms with van der Waals surface area (Å²) in [7, 11) is 0. The monoisotopic (exact) mass is 194 g/mol. The summed E-state index contributed by atoms with van der Waals surface area (Å²) < 4.78 is 1.54. The largest absolute Gasteiger partial charge is 0.368 e. The lowest BCUT2D eigenvalue weighted by Crippen LogP contribution is -2.01. The third-order valence-electron chi connectivity index (χ3n) is 1.65. The predicted molar refractivity (Wildman–Crippen MR) is 50.8 cm³/mol. The van der Waals surface area contributed by atoms with Crippen LogP contribution in [0.2, 0.25) is 5.02 Å². The van der Waals surface area contributed by atoms with Crippen molar-refractivity contribution in [3.63, 3.8) is 0 Å². The molecule has 13 heavy (non-hydrogen) atoms. The molecule has 1 aromatic heterocycles. The average Bonchev–Trinajstić information content (AvgIpc) is 2.53. The van der Waals surface area contributed by atoms with Gasteiger partial charge in [0.1, 0.15) is 6.33 Å². The highest BCUT2D eigenvalue weighted by Crippen LogP contribution is 2.13. The number of nitrogens with zero attached hydrogens (tertiary/aromatic N) is 3. The van der Waals surface area contributed by atoms with E-state index in [0.29, 0.717) is 11.0 Å². The van der Waals surface area contributed by atoms with E-state index in [1.54, 1.807) is 12.1 Å². The molecule has 2 aromatic rings. The lowest BCUT2D eigenvalue weighted by molar-refractivity contribution is 0.891. The molecule has 0 aliphatic carbocycles. The van der Waals surface area contributed by atoms with E-state index in [0.717, 1.165) is 5.69 Å². The van der Waals surface area contributed by atoms with Crippen molar-refractivity contribution in [2.45, 2.75) is 0 Å². The van der Waals surface area contributed by atoms with Crippen LogP contribution in [0.25, 0.3) is 5.69 Å². The van der Waals surface area contributed by atoms with E-state index in [-0.39, 0.29) is 0 Å². The van der Waals surface area contributed by atoms with Gasteiger partial charge in [-0.1, -0.05) is 11.6 Å². The Labute approximate surface area is 80.0 Å². The number of aromatic nitrogens is 3. The highest BCUT2D eigenvalue weighted by Gasteiger charge is 2.01. The number of benzene rings is 1. The van der Waals surface area contributed by atoms with E-state index < -0.39 is 0 Å². The van der Waals surface area contributed by atoms with Gasteiger partial charge in [-0.05, 0) is 24.3 Å². The summed E-state index contributed by atoms with van der Waals surface area (Å²) in [4.78, 5) is 3.81. The van der Waals surface area contributed by atoms with Gasteiger partial charge in [-0.25, -0.2) is 0 Å². The van der Waals surface area contributed by atoms with Crippen LogP contribution in [0.3, 0.4) is 0 Å². The molecule has 0 unspecified atom stereocenters. The number of halogens is 1. The number of nitrogen functional groups attached to an aromatic ring is 1. The first-order valence-corrected chi connectivity index (χ1v) is 4.06. The van der Waals surface area contributed by atoms with Crippen LogP contribution in [0.1, 0.15) is 0 Å². The molecule has 0 bridgehead atoms. The molecular formula is C8H7ClN4. The molecule has 1 aromatic carbocycles. The smallest absolute Gasteiger partial charge is 0.223 e. The number of rotatable bonds is 1. The van der Waals surface area contributed by atoms with Crippen LogP contribution >= 0.6 is 11.6 Å². The molecule has 0 fully saturated rings. The van der Waals surface area contributed by atoms with Crippen molar-refractivity contribution in [2.75, 3.05) is 5.73 Å². The Morgan fingerprint density at radius 1 is 1.23 bits per heavy atom. The first kappa shape index (κ1) is 8.07. The van der Waals surface area contributed by atoms with Gasteiger partial charge in [0.25, 0.3) is 0 Å². The molecule has 0 amide bonds. The fraction of sp³-hybridized carbons (Fsp3) is 0. The zero-order valence-corrected chi connectivity index (χ0v) is 7.44. The maximum Gasteiger partial charge on any atom is 0.223 e. The second-order valence-electron chi connectivity index (χ2n) is 2.51. The van der Waals surface area contributed by atoms with Crippen LogP contribution in [0, 0.1) is 0 Å². The first-order valence-electron chi connectivity index (χ1n) is 3.69. The molecule has 66 valence electrons. The molecule has 1 heterocycles. The van der Waals surface area contributed by atoms with Crippen LogP contribution < -0.4 is 5.73 Å². The number of hydrogen-bond donors (Lipinski definition) is 1. The Balaban J connectivity index is 2.47. The Kier molecular flexibility index (Phi) is 1.90. The van der Waals surface area contributed by atoms with E-state index >= 15 is 0 Å². The molecule has 0 aliphatic heterocycles. The summed E-state index contributed by atoms with van der Waals surface area (Å²) >= 11 is 5.74. The molecule has 0 atom stereocenters. The van der Waals surface area contributed by atoms with E-state index in [1.807, 2.05) is 12.1 Å². The molecule has 0 spiro atoms.